The van der Waals surface area contributed by atoms with E-state index in [4.69, 9.17) is 10.2 Å². The van der Waals surface area contributed by atoms with Gasteiger partial charge in [0.1, 0.15) is 0 Å². The van der Waals surface area contributed by atoms with Crippen LogP contribution in [-0.4, -0.2) is 10.2 Å². The Balaban J connectivity index is 2.98. The van der Waals surface area contributed by atoms with Crippen molar-refractivity contribution in [2.45, 2.75) is 0 Å². The molecular formula is C4H6O2S. The molecule has 0 unspecified atom stereocenters. The molecule has 0 atom stereocenters. The normalized spacial score (nSPS) is 11.4. The molecule has 0 saturated heterocycles. The highest BCUT2D eigenvalue weighted by Crippen LogP contribution is 2.00. The van der Waals surface area contributed by atoms with Gasteiger partial charge in [-0.05, 0) is 0 Å². The van der Waals surface area contributed by atoms with Gasteiger partial charge < -0.3 is 10.2 Å². The molecule has 0 bridgehead atoms. The van der Waals surface area contributed by atoms with Crippen molar-refractivity contribution in [3.05, 3.63) is 23.3 Å². The van der Waals surface area contributed by atoms with E-state index in [9.17, 15) is 0 Å². The van der Waals surface area contributed by atoms with Crippen molar-refractivity contribution in [2.75, 3.05) is 0 Å². The molecule has 2 N–H and O–H groups in total. The van der Waals surface area contributed by atoms with Gasteiger partial charge in [-0.15, -0.1) is 0 Å². The van der Waals surface area contributed by atoms with Gasteiger partial charge in [-0.3, -0.25) is 0 Å². The third-order valence-corrected chi connectivity index (χ3v) is 0.837. The Bertz CT molecular complexity index is 67.8. The maximum atomic E-state index is 7.98. The highest BCUT2D eigenvalue weighted by Gasteiger charge is 1.63. The van der Waals surface area contributed by atoms with E-state index in [-0.39, 0.29) is 0 Å². The van der Waals surface area contributed by atoms with Crippen LogP contribution >= 0.6 is 11.8 Å². The first kappa shape index (κ1) is 6.43. The monoisotopic (exact) mass is 118 g/mol. The van der Waals surface area contributed by atoms with Crippen LogP contribution in [-0.2, 0) is 0 Å². The quantitative estimate of drug-likeness (QED) is 0.543. The molecule has 0 aliphatic heterocycles. The van der Waals surface area contributed by atoms with Gasteiger partial charge in [0.05, 0.1) is 12.5 Å². The summed E-state index contributed by atoms with van der Waals surface area (Å²) in [7, 11) is 0. The Labute approximate surface area is 46.2 Å². The molecule has 0 aliphatic carbocycles. The minimum Gasteiger partial charge on any atom is -0.515 e. The van der Waals surface area contributed by atoms with E-state index in [1.807, 2.05) is 0 Å². The number of hydrogen-bond acceptors (Lipinski definition) is 3. The Morgan fingerprint density at radius 1 is 1.00 bits per heavy atom. The lowest BCUT2D eigenvalue weighted by molar-refractivity contribution is 0.474. The van der Waals surface area contributed by atoms with Gasteiger partial charge in [-0.25, -0.2) is 0 Å². The SMILES string of the molecule is OC=CSC=CO. The summed E-state index contributed by atoms with van der Waals surface area (Å²) in [6, 6.07) is 0. The lowest BCUT2D eigenvalue weighted by Crippen LogP contribution is -1.46. The molecule has 7 heavy (non-hydrogen) atoms. The summed E-state index contributed by atoms with van der Waals surface area (Å²) in [6.07, 6.45) is 1.81. The molecule has 0 spiro atoms. The third kappa shape index (κ3) is 5.43. The maximum absolute atomic E-state index is 7.98. The van der Waals surface area contributed by atoms with E-state index in [1.165, 1.54) is 22.6 Å². The van der Waals surface area contributed by atoms with E-state index < -0.39 is 0 Å². The number of hydrogen-bond donors (Lipinski definition) is 2. The number of thioether (sulfide) groups is 1. The number of aliphatic hydroxyl groups is 2. The van der Waals surface area contributed by atoms with E-state index >= 15 is 0 Å². The summed E-state index contributed by atoms with van der Waals surface area (Å²) in [5.74, 6) is 0. The molecule has 3 heteroatoms. The third-order valence-electron chi connectivity index (χ3n) is 0.279. The largest absolute Gasteiger partial charge is 0.515 e. The maximum Gasteiger partial charge on any atom is 0.0858 e. The molecule has 0 amide bonds. The van der Waals surface area contributed by atoms with Crippen molar-refractivity contribution in [1.82, 2.24) is 0 Å². The van der Waals surface area contributed by atoms with E-state index in [0.29, 0.717) is 0 Å². The highest BCUT2D eigenvalue weighted by molar-refractivity contribution is 8.04. The van der Waals surface area contributed by atoms with Crippen LogP contribution in [0.3, 0.4) is 0 Å². The topological polar surface area (TPSA) is 40.5 Å². The van der Waals surface area contributed by atoms with Crippen molar-refractivity contribution >= 4 is 11.8 Å². The Morgan fingerprint density at radius 3 is 1.71 bits per heavy atom. The number of aliphatic hydroxyl groups excluding tert-OH is 2. The van der Waals surface area contributed by atoms with Crippen molar-refractivity contribution < 1.29 is 10.2 Å². The van der Waals surface area contributed by atoms with Gasteiger partial charge in [-0.1, -0.05) is 11.8 Å². The second-order valence-corrected chi connectivity index (χ2v) is 1.52. The van der Waals surface area contributed by atoms with Crippen molar-refractivity contribution in [3.8, 4) is 0 Å². The zero-order valence-electron chi connectivity index (χ0n) is 3.61. The predicted molar refractivity (Wildman–Crippen MR) is 31.1 cm³/mol. The molecule has 40 valence electrons. The zero-order chi connectivity index (χ0) is 5.54. The highest BCUT2D eigenvalue weighted by atomic mass is 32.2. The van der Waals surface area contributed by atoms with Gasteiger partial charge in [0.15, 0.2) is 0 Å². The molecule has 0 aromatic rings. The first-order valence-corrected chi connectivity index (χ1v) is 2.60. The van der Waals surface area contributed by atoms with Gasteiger partial charge in [0, 0.05) is 10.8 Å². The molecule has 0 fully saturated rings. The minimum atomic E-state index is 0.907. The van der Waals surface area contributed by atoms with Crippen LogP contribution in [0.15, 0.2) is 23.3 Å². The standard InChI is InChI=1S/C4H6O2S/c5-1-3-7-4-2-6/h1-6H. The first-order chi connectivity index (χ1) is 3.41. The molecule has 0 radical (unpaired) electrons. The van der Waals surface area contributed by atoms with Crippen LogP contribution in [0, 0.1) is 0 Å². The van der Waals surface area contributed by atoms with Crippen molar-refractivity contribution in [2.24, 2.45) is 0 Å². The van der Waals surface area contributed by atoms with Crippen LogP contribution in [0.1, 0.15) is 0 Å². The van der Waals surface area contributed by atoms with Gasteiger partial charge in [-0.2, -0.15) is 0 Å². The van der Waals surface area contributed by atoms with E-state index in [2.05, 4.69) is 0 Å². The molecule has 0 rings (SSSR count). The van der Waals surface area contributed by atoms with Gasteiger partial charge in [0.2, 0.25) is 0 Å². The Morgan fingerprint density at radius 2 is 1.43 bits per heavy atom. The second kappa shape index (κ2) is 5.43. The van der Waals surface area contributed by atoms with Crippen LogP contribution in [0.5, 0.6) is 0 Å². The van der Waals surface area contributed by atoms with Gasteiger partial charge in [0.25, 0.3) is 0 Å². The Hall–Kier alpha value is -0.570. The summed E-state index contributed by atoms with van der Waals surface area (Å²) < 4.78 is 0. The second-order valence-electron chi connectivity index (χ2n) is 0.706. The van der Waals surface area contributed by atoms with Crippen LogP contribution < -0.4 is 0 Å². The average Bonchev–Trinajstić information content (AvgIpc) is 1.69. The molecule has 0 aliphatic rings. The minimum absolute atomic E-state index is 0.907. The zero-order valence-corrected chi connectivity index (χ0v) is 4.43. The van der Waals surface area contributed by atoms with Crippen LogP contribution in [0.25, 0.3) is 0 Å². The fraction of sp³-hybridized carbons (Fsp3) is 0. The van der Waals surface area contributed by atoms with Crippen LogP contribution in [0.4, 0.5) is 0 Å². The summed E-state index contributed by atoms with van der Waals surface area (Å²) >= 11 is 1.19. The van der Waals surface area contributed by atoms with Gasteiger partial charge >= 0.3 is 0 Å². The van der Waals surface area contributed by atoms with E-state index in [0.717, 1.165) is 12.5 Å². The summed E-state index contributed by atoms with van der Waals surface area (Å²) in [5.41, 5.74) is 0. The Kier molecular flexibility index (Phi) is 4.99. The fourth-order valence-corrected chi connectivity index (χ4v) is 0.347. The molecule has 0 saturated carbocycles. The molecule has 0 aromatic heterocycles. The fourth-order valence-electron chi connectivity index (χ4n) is 0.116. The molecule has 0 aromatic carbocycles. The van der Waals surface area contributed by atoms with Crippen molar-refractivity contribution in [1.29, 1.82) is 0 Å². The average molecular weight is 118 g/mol. The lowest BCUT2D eigenvalue weighted by Gasteiger charge is -1.73. The molecular weight excluding hydrogens is 112 g/mol. The number of rotatable bonds is 2. The molecule has 2 nitrogen and oxygen atoms in total. The molecule has 0 heterocycles. The van der Waals surface area contributed by atoms with Crippen LogP contribution in [0.2, 0.25) is 0 Å². The predicted octanol–water partition coefficient (Wildman–Crippen LogP) is 1.78. The first-order valence-electron chi connectivity index (χ1n) is 1.65. The lowest BCUT2D eigenvalue weighted by atomic mass is 11.2. The van der Waals surface area contributed by atoms with Crippen molar-refractivity contribution in [3.63, 3.8) is 0 Å². The van der Waals surface area contributed by atoms with E-state index in [1.54, 1.807) is 0 Å². The summed E-state index contributed by atoms with van der Waals surface area (Å²) in [5, 5.41) is 18.8. The summed E-state index contributed by atoms with van der Waals surface area (Å²) in [4.78, 5) is 0. The smallest absolute Gasteiger partial charge is 0.0858 e. The summed E-state index contributed by atoms with van der Waals surface area (Å²) in [6.45, 7) is 0.